The Kier molecular flexibility index (Phi) is 4.31. The number of aromatic nitrogens is 4. The molecule has 3 heterocycles. The number of anilines is 1. The molecule has 1 aliphatic carbocycles. The second-order valence-corrected chi connectivity index (χ2v) is 7.88. The number of pyridine rings is 1. The molecule has 0 atom stereocenters. The third-order valence-corrected chi connectivity index (χ3v) is 5.81. The molecular weight excluding hydrogens is 415 g/mol. The third-order valence-electron chi connectivity index (χ3n) is 4.94. The molecule has 0 aliphatic heterocycles. The van der Waals surface area contributed by atoms with Crippen LogP contribution in [0.1, 0.15) is 39.7 Å². The Morgan fingerprint density at radius 2 is 2.03 bits per heavy atom. The number of benzene rings is 1. The summed E-state index contributed by atoms with van der Waals surface area (Å²) < 4.78 is 43.2. The van der Waals surface area contributed by atoms with Crippen molar-refractivity contribution in [2.24, 2.45) is 0 Å². The molecule has 10 heteroatoms. The van der Waals surface area contributed by atoms with Crippen molar-refractivity contribution in [3.05, 3.63) is 58.9 Å². The summed E-state index contributed by atoms with van der Waals surface area (Å²) in [4.78, 5) is 16.6. The van der Waals surface area contributed by atoms with Gasteiger partial charge in [0, 0.05) is 28.4 Å². The van der Waals surface area contributed by atoms with Crippen molar-refractivity contribution in [1.29, 1.82) is 0 Å². The lowest BCUT2D eigenvalue weighted by molar-refractivity contribution is -0.141. The van der Waals surface area contributed by atoms with Gasteiger partial charge in [0.25, 0.3) is 5.91 Å². The fraction of sp³-hybridized carbons (Fsp3) is 0.200. The lowest BCUT2D eigenvalue weighted by Gasteiger charge is -2.09. The zero-order valence-corrected chi connectivity index (χ0v) is 16.1. The van der Waals surface area contributed by atoms with Gasteiger partial charge in [-0.1, -0.05) is 12.1 Å². The Bertz CT molecular complexity index is 1260. The van der Waals surface area contributed by atoms with E-state index in [9.17, 15) is 18.0 Å². The number of H-pyrrole nitrogens is 1. The van der Waals surface area contributed by atoms with Crippen LogP contribution in [0.5, 0.6) is 0 Å². The number of carbonyl (C=O) groups excluding carboxylic acids is 1. The topological polar surface area (TPSA) is 83.6 Å². The van der Waals surface area contributed by atoms with Gasteiger partial charge in [-0.15, -0.1) is 0 Å². The SMILES string of the molecule is O=C(Nc1ccnc(C(F)(F)F)c1)c1snc(-c2ccc3cn[nH]c3c2)c1C1CC1. The van der Waals surface area contributed by atoms with Crippen LogP contribution in [0.15, 0.2) is 42.7 Å². The molecule has 1 saturated carbocycles. The first kappa shape index (κ1) is 18.7. The summed E-state index contributed by atoms with van der Waals surface area (Å²) in [7, 11) is 0. The highest BCUT2D eigenvalue weighted by atomic mass is 32.1. The minimum Gasteiger partial charge on any atom is -0.321 e. The van der Waals surface area contributed by atoms with Crippen LogP contribution in [0.4, 0.5) is 18.9 Å². The number of nitrogens with zero attached hydrogens (tertiary/aromatic N) is 3. The van der Waals surface area contributed by atoms with Crippen LogP contribution in [0.25, 0.3) is 22.2 Å². The molecule has 5 rings (SSSR count). The minimum atomic E-state index is -4.58. The predicted octanol–water partition coefficient (Wildman–Crippen LogP) is 5.23. The maximum absolute atomic E-state index is 12.9. The quantitative estimate of drug-likeness (QED) is 0.465. The summed E-state index contributed by atoms with van der Waals surface area (Å²) in [6.45, 7) is 0. The summed E-state index contributed by atoms with van der Waals surface area (Å²) in [6.07, 6.45) is 0.0720. The molecule has 3 aromatic heterocycles. The Hall–Kier alpha value is -3.27. The molecule has 1 aliphatic rings. The van der Waals surface area contributed by atoms with Crippen molar-refractivity contribution in [1.82, 2.24) is 19.6 Å². The van der Waals surface area contributed by atoms with E-state index in [2.05, 4.69) is 24.9 Å². The van der Waals surface area contributed by atoms with E-state index in [0.29, 0.717) is 4.88 Å². The number of hydrogen-bond acceptors (Lipinski definition) is 5. The van der Waals surface area contributed by atoms with E-state index >= 15 is 0 Å². The molecule has 30 heavy (non-hydrogen) atoms. The van der Waals surface area contributed by atoms with E-state index in [4.69, 9.17) is 0 Å². The summed E-state index contributed by atoms with van der Waals surface area (Å²) in [6, 6.07) is 7.95. The van der Waals surface area contributed by atoms with Gasteiger partial charge in [-0.25, -0.2) is 0 Å². The van der Waals surface area contributed by atoms with E-state index in [0.717, 1.165) is 64.4 Å². The molecule has 0 bridgehead atoms. The van der Waals surface area contributed by atoms with E-state index in [1.807, 2.05) is 18.2 Å². The molecule has 0 saturated heterocycles. The number of alkyl halides is 3. The van der Waals surface area contributed by atoms with Crippen molar-refractivity contribution >= 4 is 34.0 Å². The Balaban J connectivity index is 1.48. The number of hydrogen-bond donors (Lipinski definition) is 2. The highest BCUT2D eigenvalue weighted by Crippen LogP contribution is 2.47. The fourth-order valence-corrected chi connectivity index (χ4v) is 4.24. The molecular formula is C20H14F3N5OS. The number of aromatic amines is 1. The Labute approximate surface area is 172 Å². The first-order chi connectivity index (χ1) is 14.4. The molecule has 0 spiro atoms. The highest BCUT2D eigenvalue weighted by Gasteiger charge is 2.35. The Morgan fingerprint density at radius 1 is 1.20 bits per heavy atom. The summed E-state index contributed by atoms with van der Waals surface area (Å²) in [5, 5.41) is 10.5. The second-order valence-electron chi connectivity index (χ2n) is 7.10. The van der Waals surface area contributed by atoms with Gasteiger partial charge in [0.05, 0.1) is 17.4 Å². The van der Waals surface area contributed by atoms with Gasteiger partial charge in [-0.3, -0.25) is 14.9 Å². The molecule has 152 valence electrons. The van der Waals surface area contributed by atoms with Gasteiger partial charge >= 0.3 is 6.18 Å². The monoisotopic (exact) mass is 429 g/mol. The molecule has 1 aromatic carbocycles. The van der Waals surface area contributed by atoms with Gasteiger partial charge in [0.15, 0.2) is 0 Å². The van der Waals surface area contributed by atoms with Gasteiger partial charge in [0.2, 0.25) is 0 Å². The molecule has 2 N–H and O–H groups in total. The van der Waals surface area contributed by atoms with Crippen LogP contribution in [0.2, 0.25) is 0 Å². The maximum atomic E-state index is 12.9. The van der Waals surface area contributed by atoms with Crippen molar-refractivity contribution < 1.29 is 18.0 Å². The van der Waals surface area contributed by atoms with Crippen LogP contribution in [-0.4, -0.2) is 25.5 Å². The van der Waals surface area contributed by atoms with Crippen molar-refractivity contribution in [3.63, 3.8) is 0 Å². The lowest BCUT2D eigenvalue weighted by atomic mass is 10.0. The van der Waals surface area contributed by atoms with Crippen LogP contribution in [0.3, 0.4) is 0 Å². The number of rotatable bonds is 4. The number of fused-ring (bicyclic) bond motifs is 1. The van der Waals surface area contributed by atoms with E-state index < -0.39 is 17.8 Å². The smallest absolute Gasteiger partial charge is 0.321 e. The van der Waals surface area contributed by atoms with E-state index in [-0.39, 0.29) is 11.6 Å². The van der Waals surface area contributed by atoms with Crippen LogP contribution < -0.4 is 5.32 Å². The first-order valence-corrected chi connectivity index (χ1v) is 9.95. The van der Waals surface area contributed by atoms with Crippen LogP contribution >= 0.6 is 11.5 Å². The standard InChI is InChI=1S/C20H14F3N5OS/c21-20(22,23)15-8-13(5-6-24-15)26-19(29)18-16(10-1-2-10)17(28-30-18)11-3-4-12-9-25-27-14(12)7-11/h3-10H,1-2H2,(H,25,27)(H,24,26,29). The van der Waals surface area contributed by atoms with Gasteiger partial charge in [-0.2, -0.15) is 22.6 Å². The summed E-state index contributed by atoms with van der Waals surface area (Å²) >= 11 is 1.06. The number of amides is 1. The first-order valence-electron chi connectivity index (χ1n) is 9.18. The van der Waals surface area contributed by atoms with E-state index in [1.54, 1.807) is 6.20 Å². The van der Waals surface area contributed by atoms with Crippen molar-refractivity contribution in [3.8, 4) is 11.3 Å². The van der Waals surface area contributed by atoms with E-state index in [1.165, 1.54) is 6.07 Å². The second kappa shape index (κ2) is 6.91. The predicted molar refractivity (Wildman–Crippen MR) is 106 cm³/mol. The summed E-state index contributed by atoms with van der Waals surface area (Å²) in [5.41, 5.74) is 2.30. The van der Waals surface area contributed by atoms with Gasteiger partial charge < -0.3 is 5.32 Å². The summed E-state index contributed by atoms with van der Waals surface area (Å²) in [5.74, 6) is -0.247. The molecule has 6 nitrogen and oxygen atoms in total. The van der Waals surface area contributed by atoms with Gasteiger partial charge in [-0.05, 0) is 48.5 Å². The molecule has 0 unspecified atom stereocenters. The zero-order valence-electron chi connectivity index (χ0n) is 15.3. The van der Waals surface area contributed by atoms with Crippen molar-refractivity contribution in [2.75, 3.05) is 5.32 Å². The normalized spacial score (nSPS) is 14.2. The van der Waals surface area contributed by atoms with Crippen molar-refractivity contribution in [2.45, 2.75) is 24.9 Å². The number of nitrogens with one attached hydrogen (secondary N) is 2. The lowest BCUT2D eigenvalue weighted by Crippen LogP contribution is -2.14. The largest absolute Gasteiger partial charge is 0.433 e. The average molecular weight is 429 g/mol. The highest BCUT2D eigenvalue weighted by molar-refractivity contribution is 7.08. The number of carbonyl (C=O) groups is 1. The Morgan fingerprint density at radius 3 is 2.80 bits per heavy atom. The maximum Gasteiger partial charge on any atom is 0.433 e. The third kappa shape index (κ3) is 3.43. The fourth-order valence-electron chi connectivity index (χ4n) is 3.36. The zero-order chi connectivity index (χ0) is 20.9. The van der Waals surface area contributed by atoms with Crippen LogP contribution in [0, 0.1) is 0 Å². The molecule has 0 radical (unpaired) electrons. The van der Waals surface area contributed by atoms with Gasteiger partial charge in [0.1, 0.15) is 10.6 Å². The number of halogens is 3. The minimum absolute atomic E-state index is 0.0397. The van der Waals surface area contributed by atoms with Crippen LogP contribution in [-0.2, 0) is 6.18 Å². The molecule has 4 aromatic rings. The molecule has 1 amide bonds. The average Bonchev–Trinajstić information content (AvgIpc) is 3.27. The molecule has 1 fully saturated rings.